The Hall–Kier alpha value is -1.95. The molecule has 0 fully saturated rings. The lowest BCUT2D eigenvalue weighted by Gasteiger charge is -2.21. The van der Waals surface area contributed by atoms with Crippen LogP contribution in [-0.2, 0) is 4.74 Å². The van der Waals surface area contributed by atoms with E-state index in [0.29, 0.717) is 50.1 Å². The van der Waals surface area contributed by atoms with Gasteiger partial charge in [-0.2, -0.15) is 0 Å². The highest BCUT2D eigenvalue weighted by Crippen LogP contribution is 2.40. The second-order valence-corrected chi connectivity index (χ2v) is 4.00. The molecule has 1 aromatic rings. The molecule has 0 saturated heterocycles. The summed E-state index contributed by atoms with van der Waals surface area (Å²) in [5.41, 5.74) is 0.117. The summed E-state index contributed by atoms with van der Waals surface area (Å²) < 4.78 is 21.3. The lowest BCUT2D eigenvalue weighted by Crippen LogP contribution is -2.17. The van der Waals surface area contributed by atoms with Gasteiger partial charge < -0.3 is 24.1 Å². The second-order valence-electron chi connectivity index (χ2n) is 4.00. The van der Waals surface area contributed by atoms with Crippen LogP contribution in [0, 0.1) is 0 Å². The van der Waals surface area contributed by atoms with Crippen LogP contribution in [0.3, 0.4) is 0 Å². The van der Waals surface area contributed by atoms with Crippen molar-refractivity contribution in [3.63, 3.8) is 0 Å². The molecule has 1 aliphatic heterocycles. The summed E-state index contributed by atoms with van der Waals surface area (Å²) in [4.78, 5) is 11.0. The van der Waals surface area contributed by atoms with Gasteiger partial charge in [-0.15, -0.1) is 0 Å². The van der Waals surface area contributed by atoms with Crippen LogP contribution in [0.1, 0.15) is 16.8 Å². The highest BCUT2D eigenvalue weighted by atomic mass is 16.6. The van der Waals surface area contributed by atoms with Gasteiger partial charge >= 0.3 is 5.97 Å². The van der Waals surface area contributed by atoms with Gasteiger partial charge in [-0.1, -0.05) is 0 Å². The maximum Gasteiger partial charge on any atom is 0.335 e. The summed E-state index contributed by atoms with van der Waals surface area (Å²) in [6, 6.07) is 2.89. The van der Waals surface area contributed by atoms with Gasteiger partial charge in [0.25, 0.3) is 0 Å². The maximum atomic E-state index is 11.0. The number of benzene rings is 1. The van der Waals surface area contributed by atoms with E-state index in [2.05, 4.69) is 0 Å². The Morgan fingerprint density at radius 3 is 2.84 bits per heavy atom. The van der Waals surface area contributed by atoms with Crippen molar-refractivity contribution in [2.24, 2.45) is 0 Å². The van der Waals surface area contributed by atoms with Crippen molar-refractivity contribution in [2.75, 3.05) is 33.5 Å². The van der Waals surface area contributed by atoms with Crippen molar-refractivity contribution in [3.05, 3.63) is 17.7 Å². The van der Waals surface area contributed by atoms with Gasteiger partial charge in [-0.25, -0.2) is 4.79 Å². The van der Waals surface area contributed by atoms with Crippen molar-refractivity contribution >= 4 is 5.97 Å². The average molecular weight is 268 g/mol. The van der Waals surface area contributed by atoms with Gasteiger partial charge in [0.05, 0.1) is 12.2 Å². The van der Waals surface area contributed by atoms with Crippen LogP contribution in [0.25, 0.3) is 0 Å². The zero-order valence-electron chi connectivity index (χ0n) is 10.7. The first-order valence-corrected chi connectivity index (χ1v) is 6.01. The molecule has 0 aliphatic carbocycles. The molecule has 1 aliphatic rings. The summed E-state index contributed by atoms with van der Waals surface area (Å²) in [6.07, 6.45) is 0.712. The average Bonchev–Trinajstić information content (AvgIpc) is 2.43. The van der Waals surface area contributed by atoms with E-state index >= 15 is 0 Å². The highest BCUT2D eigenvalue weighted by Gasteiger charge is 2.21. The summed E-state index contributed by atoms with van der Waals surface area (Å²) in [5, 5.41) is 9.05. The smallest absolute Gasteiger partial charge is 0.335 e. The minimum Gasteiger partial charge on any atom is -0.489 e. The number of carbonyl (C=O) groups is 1. The molecule has 6 heteroatoms. The molecule has 19 heavy (non-hydrogen) atoms. The molecule has 104 valence electrons. The Kier molecular flexibility index (Phi) is 4.46. The molecular formula is C13H16O6. The maximum absolute atomic E-state index is 11.0. The van der Waals surface area contributed by atoms with E-state index in [1.54, 1.807) is 7.11 Å². The Bertz CT molecular complexity index is 457. The number of hydrogen-bond acceptors (Lipinski definition) is 5. The third-order valence-electron chi connectivity index (χ3n) is 2.61. The fourth-order valence-electron chi connectivity index (χ4n) is 1.74. The van der Waals surface area contributed by atoms with Crippen LogP contribution in [-0.4, -0.2) is 44.6 Å². The van der Waals surface area contributed by atoms with Crippen molar-refractivity contribution in [1.29, 1.82) is 0 Å². The van der Waals surface area contributed by atoms with Crippen LogP contribution in [0.15, 0.2) is 12.1 Å². The summed E-state index contributed by atoms with van der Waals surface area (Å²) in [5.74, 6) is 0.242. The number of ether oxygens (including phenoxy) is 4. The molecule has 0 spiro atoms. The van der Waals surface area contributed by atoms with Gasteiger partial charge in [0, 0.05) is 20.1 Å². The second kappa shape index (κ2) is 6.29. The van der Waals surface area contributed by atoms with Crippen LogP contribution < -0.4 is 14.2 Å². The third-order valence-corrected chi connectivity index (χ3v) is 2.61. The summed E-state index contributed by atoms with van der Waals surface area (Å²) in [7, 11) is 1.61. The van der Waals surface area contributed by atoms with E-state index in [-0.39, 0.29) is 5.56 Å². The zero-order valence-corrected chi connectivity index (χ0v) is 10.7. The molecule has 2 rings (SSSR count). The van der Waals surface area contributed by atoms with Crippen LogP contribution in [0.2, 0.25) is 0 Å². The van der Waals surface area contributed by atoms with Gasteiger partial charge in [-0.3, -0.25) is 0 Å². The lowest BCUT2D eigenvalue weighted by molar-refractivity contribution is 0.0694. The van der Waals surface area contributed by atoms with E-state index in [1.165, 1.54) is 12.1 Å². The highest BCUT2D eigenvalue weighted by molar-refractivity contribution is 5.89. The van der Waals surface area contributed by atoms with Crippen LogP contribution >= 0.6 is 0 Å². The molecule has 0 radical (unpaired) electrons. The van der Waals surface area contributed by atoms with Crippen molar-refractivity contribution in [3.8, 4) is 17.2 Å². The molecule has 0 saturated carbocycles. The first-order valence-electron chi connectivity index (χ1n) is 6.01. The molecule has 1 heterocycles. The molecule has 0 aromatic heterocycles. The van der Waals surface area contributed by atoms with Crippen LogP contribution in [0.4, 0.5) is 0 Å². The molecule has 1 aromatic carbocycles. The van der Waals surface area contributed by atoms with E-state index < -0.39 is 5.97 Å². The first-order chi connectivity index (χ1) is 9.22. The largest absolute Gasteiger partial charge is 0.489 e. The molecule has 1 N–H and O–H groups in total. The summed E-state index contributed by atoms with van der Waals surface area (Å²) >= 11 is 0. The third kappa shape index (κ3) is 3.29. The monoisotopic (exact) mass is 268 g/mol. The Morgan fingerprint density at radius 2 is 2.11 bits per heavy atom. The topological polar surface area (TPSA) is 74.2 Å². The predicted molar refractivity (Wildman–Crippen MR) is 66.4 cm³/mol. The molecule has 0 bridgehead atoms. The lowest BCUT2D eigenvalue weighted by atomic mass is 10.1. The van der Waals surface area contributed by atoms with Gasteiger partial charge in [0.15, 0.2) is 11.5 Å². The normalized spacial score (nSPS) is 13.1. The van der Waals surface area contributed by atoms with Gasteiger partial charge in [0.2, 0.25) is 5.75 Å². The first kappa shape index (κ1) is 13.5. The Labute approximate surface area is 110 Å². The van der Waals surface area contributed by atoms with Gasteiger partial charge in [0.1, 0.15) is 13.2 Å². The van der Waals surface area contributed by atoms with Crippen molar-refractivity contribution in [2.45, 2.75) is 6.42 Å². The van der Waals surface area contributed by atoms with E-state index in [0.717, 1.165) is 0 Å². The number of carboxylic acid groups (broad SMARTS) is 1. The number of fused-ring (bicyclic) bond motifs is 1. The standard InChI is InChI=1S/C13H16O6/c1-16-3-2-4-17-10-7-9(13(14)15)8-11-12(10)19-6-5-18-11/h7-8H,2-6H2,1H3,(H,14,15). The summed E-state index contributed by atoms with van der Waals surface area (Å²) in [6.45, 7) is 1.83. The minimum atomic E-state index is -1.03. The molecule has 0 atom stereocenters. The fourth-order valence-corrected chi connectivity index (χ4v) is 1.74. The molecule has 6 nitrogen and oxygen atoms in total. The number of aromatic carboxylic acids is 1. The predicted octanol–water partition coefficient (Wildman–Crippen LogP) is 1.57. The quantitative estimate of drug-likeness (QED) is 0.789. The molecule has 0 unspecified atom stereocenters. The Morgan fingerprint density at radius 1 is 1.32 bits per heavy atom. The number of hydrogen-bond donors (Lipinski definition) is 1. The fraction of sp³-hybridized carbons (Fsp3) is 0.462. The number of carboxylic acids is 1. The van der Waals surface area contributed by atoms with E-state index in [9.17, 15) is 4.79 Å². The minimum absolute atomic E-state index is 0.117. The van der Waals surface area contributed by atoms with Crippen molar-refractivity contribution in [1.82, 2.24) is 0 Å². The number of rotatable bonds is 6. The molecule has 0 amide bonds. The van der Waals surface area contributed by atoms with Gasteiger partial charge in [-0.05, 0) is 12.1 Å². The zero-order chi connectivity index (χ0) is 13.7. The van der Waals surface area contributed by atoms with Crippen molar-refractivity contribution < 1.29 is 28.8 Å². The van der Waals surface area contributed by atoms with Crippen LogP contribution in [0.5, 0.6) is 17.2 Å². The van der Waals surface area contributed by atoms with E-state index in [1.807, 2.05) is 0 Å². The SMILES string of the molecule is COCCCOc1cc(C(=O)O)cc2c1OCCO2. The Balaban J connectivity index is 2.18. The number of methoxy groups -OCH3 is 1. The van der Waals surface area contributed by atoms with E-state index in [4.69, 9.17) is 24.1 Å². The molecular weight excluding hydrogens is 252 g/mol.